The fourth-order valence-electron chi connectivity index (χ4n) is 1.72. The van der Waals surface area contributed by atoms with Crippen molar-refractivity contribution in [3.8, 4) is 5.75 Å². The van der Waals surface area contributed by atoms with Crippen LogP contribution in [-0.2, 0) is 11.2 Å². The van der Waals surface area contributed by atoms with E-state index in [-0.39, 0.29) is 11.9 Å². The first-order chi connectivity index (χ1) is 10.2. The van der Waals surface area contributed by atoms with Gasteiger partial charge in [-0.25, -0.2) is 10.2 Å². The largest absolute Gasteiger partial charge is 0.497 e. The SMILES string of the molecule is CCCNC(=O)NNC(=O)CCCc1ccc(OC)cc1. The molecule has 3 N–H and O–H groups in total. The van der Waals surface area contributed by atoms with Crippen molar-refractivity contribution in [1.82, 2.24) is 16.2 Å². The van der Waals surface area contributed by atoms with Crippen molar-refractivity contribution in [2.75, 3.05) is 13.7 Å². The summed E-state index contributed by atoms with van der Waals surface area (Å²) in [6.07, 6.45) is 2.74. The molecule has 0 heterocycles. The van der Waals surface area contributed by atoms with E-state index in [2.05, 4.69) is 16.2 Å². The topological polar surface area (TPSA) is 79.5 Å². The molecule has 0 aliphatic heterocycles. The number of amides is 3. The van der Waals surface area contributed by atoms with E-state index in [1.54, 1.807) is 7.11 Å². The summed E-state index contributed by atoms with van der Waals surface area (Å²) in [5.74, 6) is 0.619. The summed E-state index contributed by atoms with van der Waals surface area (Å²) in [5, 5.41) is 2.60. The van der Waals surface area contributed by atoms with Crippen molar-refractivity contribution in [3.63, 3.8) is 0 Å². The third-order valence-corrected chi connectivity index (χ3v) is 2.88. The minimum absolute atomic E-state index is 0.199. The standard InChI is InChI=1S/C15H23N3O3/c1-3-11-16-15(20)18-17-14(19)6-4-5-12-7-9-13(21-2)10-8-12/h7-10H,3-6,11H2,1-2H3,(H,17,19)(H2,16,18,20). The first-order valence-electron chi connectivity index (χ1n) is 7.11. The zero-order chi connectivity index (χ0) is 15.5. The fraction of sp³-hybridized carbons (Fsp3) is 0.467. The van der Waals surface area contributed by atoms with Crippen molar-refractivity contribution < 1.29 is 14.3 Å². The molecule has 3 amide bonds. The minimum atomic E-state index is -0.389. The first kappa shape index (κ1) is 16.8. The molecule has 0 radical (unpaired) electrons. The molecule has 0 spiro atoms. The van der Waals surface area contributed by atoms with Gasteiger partial charge in [0.05, 0.1) is 7.11 Å². The van der Waals surface area contributed by atoms with E-state index >= 15 is 0 Å². The molecule has 1 aromatic carbocycles. The van der Waals surface area contributed by atoms with Gasteiger partial charge in [0.25, 0.3) is 0 Å². The lowest BCUT2D eigenvalue weighted by atomic mass is 10.1. The predicted molar refractivity (Wildman–Crippen MR) is 80.9 cm³/mol. The number of benzene rings is 1. The highest BCUT2D eigenvalue weighted by Crippen LogP contribution is 2.12. The number of carbonyl (C=O) groups excluding carboxylic acids is 2. The van der Waals surface area contributed by atoms with Gasteiger partial charge in [0, 0.05) is 13.0 Å². The van der Waals surface area contributed by atoms with Gasteiger partial charge < -0.3 is 10.1 Å². The highest BCUT2D eigenvalue weighted by molar-refractivity contribution is 5.80. The number of aryl methyl sites for hydroxylation is 1. The van der Waals surface area contributed by atoms with Crippen LogP contribution >= 0.6 is 0 Å². The van der Waals surface area contributed by atoms with Crippen LogP contribution in [0.5, 0.6) is 5.75 Å². The molecule has 21 heavy (non-hydrogen) atoms. The molecule has 0 saturated heterocycles. The van der Waals surface area contributed by atoms with Gasteiger partial charge in [0.15, 0.2) is 0 Å². The average molecular weight is 293 g/mol. The van der Waals surface area contributed by atoms with Gasteiger partial charge >= 0.3 is 6.03 Å². The minimum Gasteiger partial charge on any atom is -0.497 e. The Bertz CT molecular complexity index is 446. The van der Waals surface area contributed by atoms with Gasteiger partial charge in [0.1, 0.15) is 5.75 Å². The number of hydrogen-bond acceptors (Lipinski definition) is 3. The second-order valence-corrected chi connectivity index (χ2v) is 4.63. The van der Waals surface area contributed by atoms with Crippen molar-refractivity contribution in [2.45, 2.75) is 32.6 Å². The molecular weight excluding hydrogens is 270 g/mol. The van der Waals surface area contributed by atoms with E-state index in [0.29, 0.717) is 13.0 Å². The molecule has 0 fully saturated rings. The Morgan fingerprint density at radius 2 is 1.86 bits per heavy atom. The van der Waals surface area contributed by atoms with Crippen molar-refractivity contribution >= 4 is 11.9 Å². The fourth-order valence-corrected chi connectivity index (χ4v) is 1.72. The number of methoxy groups -OCH3 is 1. The zero-order valence-electron chi connectivity index (χ0n) is 12.6. The van der Waals surface area contributed by atoms with E-state index < -0.39 is 0 Å². The van der Waals surface area contributed by atoms with Crippen molar-refractivity contribution in [1.29, 1.82) is 0 Å². The second-order valence-electron chi connectivity index (χ2n) is 4.63. The van der Waals surface area contributed by atoms with Crippen LogP contribution in [0.15, 0.2) is 24.3 Å². The van der Waals surface area contributed by atoms with E-state index in [9.17, 15) is 9.59 Å². The first-order valence-corrected chi connectivity index (χ1v) is 7.11. The van der Waals surface area contributed by atoms with Crippen LogP contribution < -0.4 is 20.9 Å². The molecule has 0 atom stereocenters. The molecule has 0 aromatic heterocycles. The summed E-state index contributed by atoms with van der Waals surface area (Å²) >= 11 is 0. The molecule has 1 rings (SSSR count). The maximum atomic E-state index is 11.5. The van der Waals surface area contributed by atoms with Crippen LogP contribution in [0.1, 0.15) is 31.7 Å². The molecule has 116 valence electrons. The predicted octanol–water partition coefficient (Wildman–Crippen LogP) is 1.76. The summed E-state index contributed by atoms with van der Waals surface area (Å²) < 4.78 is 5.08. The van der Waals surface area contributed by atoms with E-state index in [1.807, 2.05) is 31.2 Å². The summed E-state index contributed by atoms with van der Waals surface area (Å²) in [6.45, 7) is 2.54. The number of rotatable bonds is 7. The quantitative estimate of drug-likeness (QED) is 0.670. The number of hydrogen-bond donors (Lipinski definition) is 3. The van der Waals surface area contributed by atoms with Crippen LogP contribution in [0.2, 0.25) is 0 Å². The highest BCUT2D eigenvalue weighted by Gasteiger charge is 2.04. The van der Waals surface area contributed by atoms with Gasteiger partial charge in [-0.1, -0.05) is 19.1 Å². The Morgan fingerprint density at radius 1 is 1.14 bits per heavy atom. The Hall–Kier alpha value is -2.24. The van der Waals surface area contributed by atoms with Gasteiger partial charge in [-0.05, 0) is 37.0 Å². The van der Waals surface area contributed by atoms with Gasteiger partial charge in [-0.2, -0.15) is 0 Å². The maximum absolute atomic E-state index is 11.5. The Labute approximate surface area is 125 Å². The summed E-state index contributed by atoms with van der Waals surface area (Å²) in [5.41, 5.74) is 5.84. The van der Waals surface area contributed by atoms with Crippen LogP contribution in [0.25, 0.3) is 0 Å². The summed E-state index contributed by atoms with van der Waals surface area (Å²) in [7, 11) is 1.63. The lowest BCUT2D eigenvalue weighted by Crippen LogP contribution is -2.47. The van der Waals surface area contributed by atoms with E-state index in [4.69, 9.17) is 4.74 Å². The van der Waals surface area contributed by atoms with Crippen LogP contribution in [-0.4, -0.2) is 25.6 Å². The normalized spacial score (nSPS) is 9.81. The van der Waals surface area contributed by atoms with Crippen LogP contribution in [0.3, 0.4) is 0 Å². The molecule has 0 aliphatic rings. The molecule has 6 nitrogen and oxygen atoms in total. The maximum Gasteiger partial charge on any atom is 0.333 e. The molecule has 1 aromatic rings. The molecule has 0 aliphatic carbocycles. The Morgan fingerprint density at radius 3 is 2.48 bits per heavy atom. The van der Waals surface area contributed by atoms with Gasteiger partial charge in [0.2, 0.25) is 5.91 Å². The zero-order valence-corrected chi connectivity index (χ0v) is 12.6. The molecule has 0 unspecified atom stereocenters. The monoisotopic (exact) mass is 293 g/mol. The van der Waals surface area contributed by atoms with Crippen molar-refractivity contribution in [3.05, 3.63) is 29.8 Å². The summed E-state index contributed by atoms with van der Waals surface area (Å²) in [4.78, 5) is 22.8. The second kappa shape index (κ2) is 9.63. The Kier molecular flexibility index (Phi) is 7.71. The van der Waals surface area contributed by atoms with Gasteiger partial charge in [-0.3, -0.25) is 10.2 Å². The van der Waals surface area contributed by atoms with Crippen LogP contribution in [0.4, 0.5) is 4.79 Å². The number of hydrazine groups is 1. The lowest BCUT2D eigenvalue weighted by molar-refractivity contribution is -0.121. The molecule has 0 saturated carbocycles. The molecule has 6 heteroatoms. The Balaban J connectivity index is 2.16. The lowest BCUT2D eigenvalue weighted by Gasteiger charge is -2.08. The number of ether oxygens (including phenoxy) is 1. The smallest absolute Gasteiger partial charge is 0.333 e. The van der Waals surface area contributed by atoms with E-state index in [0.717, 1.165) is 30.6 Å². The molecular formula is C15H23N3O3. The van der Waals surface area contributed by atoms with Crippen LogP contribution in [0, 0.1) is 0 Å². The summed E-state index contributed by atoms with van der Waals surface area (Å²) in [6, 6.07) is 7.37. The number of carbonyl (C=O) groups is 2. The average Bonchev–Trinajstić information content (AvgIpc) is 2.51. The third-order valence-electron chi connectivity index (χ3n) is 2.88. The van der Waals surface area contributed by atoms with Crippen molar-refractivity contribution in [2.24, 2.45) is 0 Å². The van der Waals surface area contributed by atoms with Gasteiger partial charge in [-0.15, -0.1) is 0 Å². The number of nitrogens with one attached hydrogen (secondary N) is 3. The van der Waals surface area contributed by atoms with E-state index in [1.165, 1.54) is 0 Å². The number of urea groups is 1. The molecule has 0 bridgehead atoms. The highest BCUT2D eigenvalue weighted by atomic mass is 16.5. The third kappa shape index (κ3) is 7.20.